The lowest BCUT2D eigenvalue weighted by atomic mass is 9.86. The summed E-state index contributed by atoms with van der Waals surface area (Å²) in [4.78, 5) is 2.46. The second-order valence-corrected chi connectivity index (χ2v) is 4.46. The highest BCUT2D eigenvalue weighted by atomic mass is 15.1. The van der Waals surface area contributed by atoms with Crippen molar-refractivity contribution >= 4 is 0 Å². The second kappa shape index (κ2) is 4.14. The molecule has 1 aromatic rings. The summed E-state index contributed by atoms with van der Waals surface area (Å²) in [7, 11) is 2.23. The SMILES string of the molecule is C[C@@H]1C[C@H](c2ccccc2)CCN1C. The van der Waals surface area contributed by atoms with Crippen LogP contribution in [0.25, 0.3) is 0 Å². The second-order valence-electron chi connectivity index (χ2n) is 4.46. The zero-order chi connectivity index (χ0) is 9.97. The minimum Gasteiger partial charge on any atom is -0.304 e. The van der Waals surface area contributed by atoms with Gasteiger partial charge >= 0.3 is 0 Å². The van der Waals surface area contributed by atoms with Gasteiger partial charge in [-0.15, -0.1) is 0 Å². The van der Waals surface area contributed by atoms with Crippen LogP contribution in [0.2, 0.25) is 0 Å². The number of hydrogen-bond donors (Lipinski definition) is 0. The molecule has 0 amide bonds. The van der Waals surface area contributed by atoms with Crippen LogP contribution in [0.15, 0.2) is 30.3 Å². The van der Waals surface area contributed by atoms with Gasteiger partial charge < -0.3 is 4.90 Å². The summed E-state index contributed by atoms with van der Waals surface area (Å²) in [6, 6.07) is 11.7. The smallest absolute Gasteiger partial charge is 0.00697 e. The van der Waals surface area contributed by atoms with E-state index in [-0.39, 0.29) is 0 Å². The lowest BCUT2D eigenvalue weighted by molar-refractivity contribution is 0.183. The Labute approximate surface area is 86.7 Å². The first-order valence-corrected chi connectivity index (χ1v) is 5.52. The maximum atomic E-state index is 2.46. The molecule has 0 spiro atoms. The molecule has 1 aliphatic heterocycles. The maximum absolute atomic E-state index is 2.46. The van der Waals surface area contributed by atoms with Crippen LogP contribution in [0.3, 0.4) is 0 Å². The molecule has 0 radical (unpaired) electrons. The predicted octanol–water partition coefficient (Wildman–Crippen LogP) is 2.88. The first kappa shape index (κ1) is 9.72. The van der Waals surface area contributed by atoms with Gasteiger partial charge in [0.2, 0.25) is 0 Å². The van der Waals surface area contributed by atoms with E-state index >= 15 is 0 Å². The van der Waals surface area contributed by atoms with Gasteiger partial charge in [-0.05, 0) is 44.8 Å². The summed E-state index contributed by atoms with van der Waals surface area (Å²) in [5.74, 6) is 0.780. The first-order chi connectivity index (χ1) is 6.77. The van der Waals surface area contributed by atoms with Gasteiger partial charge in [0, 0.05) is 6.04 Å². The van der Waals surface area contributed by atoms with Crippen molar-refractivity contribution in [3.63, 3.8) is 0 Å². The number of benzene rings is 1. The normalized spacial score (nSPS) is 29.0. The lowest BCUT2D eigenvalue weighted by Gasteiger charge is -2.35. The molecule has 1 aliphatic rings. The average Bonchev–Trinajstić information content (AvgIpc) is 2.23. The lowest BCUT2D eigenvalue weighted by Crippen LogP contribution is -2.36. The van der Waals surface area contributed by atoms with Crippen molar-refractivity contribution in [2.45, 2.75) is 31.7 Å². The third kappa shape index (κ3) is 1.98. The van der Waals surface area contributed by atoms with E-state index < -0.39 is 0 Å². The number of rotatable bonds is 1. The Morgan fingerprint density at radius 2 is 1.93 bits per heavy atom. The molecule has 0 aliphatic carbocycles. The minimum absolute atomic E-state index is 0.731. The number of hydrogen-bond acceptors (Lipinski definition) is 1. The van der Waals surface area contributed by atoms with E-state index in [1.54, 1.807) is 0 Å². The molecular formula is C13H19N. The molecule has 1 fully saturated rings. The molecule has 76 valence electrons. The van der Waals surface area contributed by atoms with E-state index in [4.69, 9.17) is 0 Å². The van der Waals surface area contributed by atoms with Gasteiger partial charge in [0.1, 0.15) is 0 Å². The molecule has 1 nitrogen and oxygen atoms in total. The molecule has 0 unspecified atom stereocenters. The van der Waals surface area contributed by atoms with Crippen molar-refractivity contribution in [2.75, 3.05) is 13.6 Å². The highest BCUT2D eigenvalue weighted by Crippen LogP contribution is 2.30. The van der Waals surface area contributed by atoms with Gasteiger partial charge in [-0.1, -0.05) is 30.3 Å². The van der Waals surface area contributed by atoms with Gasteiger partial charge in [0.25, 0.3) is 0 Å². The highest BCUT2D eigenvalue weighted by molar-refractivity contribution is 5.20. The van der Waals surface area contributed by atoms with Gasteiger partial charge in [-0.25, -0.2) is 0 Å². The zero-order valence-electron chi connectivity index (χ0n) is 9.11. The number of likely N-dealkylation sites (tertiary alicyclic amines) is 1. The Bertz CT molecular complexity index is 281. The maximum Gasteiger partial charge on any atom is 0.00697 e. The molecule has 0 bridgehead atoms. The minimum atomic E-state index is 0.731. The summed E-state index contributed by atoms with van der Waals surface area (Å²) >= 11 is 0. The van der Waals surface area contributed by atoms with E-state index in [0.29, 0.717) is 0 Å². The molecular weight excluding hydrogens is 170 g/mol. The van der Waals surface area contributed by atoms with E-state index in [9.17, 15) is 0 Å². The van der Waals surface area contributed by atoms with Crippen molar-refractivity contribution in [3.8, 4) is 0 Å². The van der Waals surface area contributed by atoms with Crippen LogP contribution in [0.5, 0.6) is 0 Å². The van der Waals surface area contributed by atoms with Crippen molar-refractivity contribution in [1.29, 1.82) is 0 Å². The molecule has 1 heteroatoms. The summed E-state index contributed by atoms with van der Waals surface area (Å²) in [5, 5.41) is 0. The van der Waals surface area contributed by atoms with Gasteiger partial charge in [-0.2, -0.15) is 0 Å². The summed E-state index contributed by atoms with van der Waals surface area (Å²) < 4.78 is 0. The number of piperidine rings is 1. The number of nitrogens with zero attached hydrogens (tertiary/aromatic N) is 1. The van der Waals surface area contributed by atoms with Crippen LogP contribution < -0.4 is 0 Å². The molecule has 0 aromatic heterocycles. The van der Waals surface area contributed by atoms with Gasteiger partial charge in [0.15, 0.2) is 0 Å². The molecule has 0 saturated carbocycles. The summed E-state index contributed by atoms with van der Waals surface area (Å²) in [6.45, 7) is 3.57. The van der Waals surface area contributed by atoms with E-state index in [1.807, 2.05) is 0 Å². The third-order valence-electron chi connectivity index (χ3n) is 3.48. The topological polar surface area (TPSA) is 3.24 Å². The highest BCUT2D eigenvalue weighted by Gasteiger charge is 2.23. The van der Waals surface area contributed by atoms with Crippen LogP contribution in [-0.2, 0) is 0 Å². The van der Waals surface area contributed by atoms with Gasteiger partial charge in [0.05, 0.1) is 0 Å². The molecule has 1 aromatic carbocycles. The average molecular weight is 189 g/mol. The Morgan fingerprint density at radius 3 is 2.57 bits per heavy atom. The van der Waals surface area contributed by atoms with Crippen molar-refractivity contribution in [2.24, 2.45) is 0 Å². The molecule has 1 saturated heterocycles. The largest absolute Gasteiger partial charge is 0.304 e. The van der Waals surface area contributed by atoms with Crippen LogP contribution in [0.4, 0.5) is 0 Å². The van der Waals surface area contributed by atoms with Crippen molar-refractivity contribution in [1.82, 2.24) is 4.90 Å². The Balaban J connectivity index is 2.07. The molecule has 0 N–H and O–H groups in total. The fourth-order valence-corrected chi connectivity index (χ4v) is 2.32. The summed E-state index contributed by atoms with van der Waals surface area (Å²) in [6.07, 6.45) is 2.62. The van der Waals surface area contributed by atoms with Crippen LogP contribution in [-0.4, -0.2) is 24.5 Å². The quantitative estimate of drug-likeness (QED) is 0.656. The van der Waals surface area contributed by atoms with Crippen molar-refractivity contribution < 1.29 is 0 Å². The third-order valence-corrected chi connectivity index (χ3v) is 3.48. The van der Waals surface area contributed by atoms with Crippen LogP contribution in [0.1, 0.15) is 31.2 Å². The zero-order valence-corrected chi connectivity index (χ0v) is 9.11. The molecule has 1 heterocycles. The molecule has 2 rings (SSSR count). The van der Waals surface area contributed by atoms with Crippen LogP contribution in [0, 0.1) is 0 Å². The van der Waals surface area contributed by atoms with Crippen LogP contribution >= 0.6 is 0 Å². The Hall–Kier alpha value is -0.820. The van der Waals surface area contributed by atoms with Gasteiger partial charge in [-0.3, -0.25) is 0 Å². The fourth-order valence-electron chi connectivity index (χ4n) is 2.32. The standard InChI is InChI=1S/C13H19N/c1-11-10-13(8-9-14(11)2)12-6-4-3-5-7-12/h3-7,11,13H,8-10H2,1-2H3/t11-,13-/m1/s1. The predicted molar refractivity (Wildman–Crippen MR) is 60.5 cm³/mol. The van der Waals surface area contributed by atoms with E-state index in [1.165, 1.54) is 24.9 Å². The van der Waals surface area contributed by atoms with E-state index in [2.05, 4.69) is 49.2 Å². The monoisotopic (exact) mass is 189 g/mol. The fraction of sp³-hybridized carbons (Fsp3) is 0.538. The Kier molecular flexibility index (Phi) is 2.87. The molecule has 14 heavy (non-hydrogen) atoms. The van der Waals surface area contributed by atoms with Crippen molar-refractivity contribution in [3.05, 3.63) is 35.9 Å². The first-order valence-electron chi connectivity index (χ1n) is 5.52. The molecule has 2 atom stereocenters. The van der Waals surface area contributed by atoms with E-state index in [0.717, 1.165) is 12.0 Å². The Morgan fingerprint density at radius 1 is 1.21 bits per heavy atom. The summed E-state index contributed by atoms with van der Waals surface area (Å²) in [5.41, 5.74) is 1.52.